The Hall–Kier alpha value is -1.92. The summed E-state index contributed by atoms with van der Waals surface area (Å²) in [5.74, 6) is 1.59. The van der Waals surface area contributed by atoms with Crippen molar-refractivity contribution in [1.82, 2.24) is 0 Å². The lowest BCUT2D eigenvalue weighted by Crippen LogP contribution is -2.13. The van der Waals surface area contributed by atoms with E-state index in [4.69, 9.17) is 25.8 Å². The van der Waals surface area contributed by atoms with Gasteiger partial charge in [-0.2, -0.15) is 0 Å². The first-order chi connectivity index (χ1) is 12.0. The highest BCUT2D eigenvalue weighted by Crippen LogP contribution is 2.35. The molecule has 2 aromatic carbocycles. The molecule has 2 rings (SSSR count). The molecule has 1 amide bonds. The Labute approximate surface area is 160 Å². The van der Waals surface area contributed by atoms with E-state index in [1.54, 1.807) is 12.1 Å². The number of rotatable bonds is 8. The number of carbonyl (C=O) groups is 1. The van der Waals surface area contributed by atoms with E-state index >= 15 is 0 Å². The van der Waals surface area contributed by atoms with E-state index in [1.807, 2.05) is 24.3 Å². The topological polar surface area (TPSA) is 56.8 Å². The monoisotopic (exact) mass is 427 g/mol. The van der Waals surface area contributed by atoms with Crippen LogP contribution in [0.5, 0.6) is 17.2 Å². The van der Waals surface area contributed by atoms with Gasteiger partial charge in [-0.25, -0.2) is 0 Å². The highest BCUT2D eigenvalue weighted by atomic mass is 79.9. The van der Waals surface area contributed by atoms with E-state index in [2.05, 4.69) is 21.2 Å². The van der Waals surface area contributed by atoms with Crippen LogP contribution in [0.4, 0.5) is 5.69 Å². The summed E-state index contributed by atoms with van der Waals surface area (Å²) < 4.78 is 16.9. The van der Waals surface area contributed by atoms with E-state index in [0.717, 1.165) is 10.2 Å². The Kier molecular flexibility index (Phi) is 7.40. The highest BCUT2D eigenvalue weighted by molar-refractivity contribution is 9.10. The van der Waals surface area contributed by atoms with Crippen molar-refractivity contribution in [2.45, 2.75) is 12.8 Å². The summed E-state index contributed by atoms with van der Waals surface area (Å²) in [7, 11) is 3.04. The molecule has 0 aromatic heterocycles. The zero-order valence-electron chi connectivity index (χ0n) is 14.0. The molecule has 0 radical (unpaired) electrons. The summed E-state index contributed by atoms with van der Waals surface area (Å²) in [5, 5.41) is 3.19. The van der Waals surface area contributed by atoms with Gasteiger partial charge in [0.05, 0.1) is 31.5 Å². The first-order valence-electron chi connectivity index (χ1n) is 7.63. The Morgan fingerprint density at radius 3 is 2.60 bits per heavy atom. The molecule has 1 N–H and O–H groups in total. The first-order valence-corrected chi connectivity index (χ1v) is 8.80. The van der Waals surface area contributed by atoms with E-state index in [0.29, 0.717) is 41.7 Å². The zero-order chi connectivity index (χ0) is 18.2. The molecule has 0 saturated carbocycles. The number of nitrogens with one attached hydrogen (secondary N) is 1. The average Bonchev–Trinajstić information content (AvgIpc) is 2.59. The third-order valence-corrected chi connectivity index (χ3v) is 4.15. The Morgan fingerprint density at radius 2 is 1.92 bits per heavy atom. The molecular weight excluding hydrogens is 410 g/mol. The first kappa shape index (κ1) is 19.4. The predicted octanol–water partition coefficient (Wildman–Crippen LogP) is 4.92. The number of amides is 1. The van der Waals surface area contributed by atoms with Crippen LogP contribution in [0.25, 0.3) is 0 Å². The molecule has 25 heavy (non-hydrogen) atoms. The summed E-state index contributed by atoms with van der Waals surface area (Å²) in [4.78, 5) is 12.1. The number of hydrogen-bond acceptors (Lipinski definition) is 4. The molecule has 0 aliphatic carbocycles. The zero-order valence-corrected chi connectivity index (χ0v) is 16.3. The Morgan fingerprint density at radius 1 is 1.16 bits per heavy atom. The van der Waals surface area contributed by atoms with Crippen molar-refractivity contribution in [3.05, 3.63) is 45.9 Å². The van der Waals surface area contributed by atoms with Crippen LogP contribution >= 0.6 is 27.5 Å². The highest BCUT2D eigenvalue weighted by Gasteiger charge is 2.12. The third kappa shape index (κ3) is 5.83. The Balaban J connectivity index is 1.85. The second kappa shape index (κ2) is 9.53. The van der Waals surface area contributed by atoms with E-state index in [1.165, 1.54) is 14.2 Å². The molecule has 0 aliphatic rings. The average molecular weight is 429 g/mol. The molecule has 0 saturated heterocycles. The van der Waals surface area contributed by atoms with Gasteiger partial charge in [-0.15, -0.1) is 0 Å². The summed E-state index contributed by atoms with van der Waals surface area (Å²) in [6, 6.07) is 10.8. The van der Waals surface area contributed by atoms with Gasteiger partial charge in [-0.3, -0.25) is 4.79 Å². The Bertz CT molecular complexity index is 739. The van der Waals surface area contributed by atoms with Gasteiger partial charge in [0.1, 0.15) is 17.2 Å². The van der Waals surface area contributed by atoms with Crippen LogP contribution in [0.2, 0.25) is 5.02 Å². The third-order valence-electron chi connectivity index (χ3n) is 3.36. The van der Waals surface area contributed by atoms with Crippen molar-refractivity contribution in [3.8, 4) is 17.2 Å². The predicted molar refractivity (Wildman–Crippen MR) is 102 cm³/mol. The van der Waals surface area contributed by atoms with Crippen LogP contribution in [-0.2, 0) is 4.79 Å². The van der Waals surface area contributed by atoms with Crippen LogP contribution in [0.3, 0.4) is 0 Å². The maximum Gasteiger partial charge on any atom is 0.224 e. The van der Waals surface area contributed by atoms with Crippen molar-refractivity contribution in [1.29, 1.82) is 0 Å². The number of methoxy groups -OCH3 is 2. The number of hydrogen-bond donors (Lipinski definition) is 1. The largest absolute Gasteiger partial charge is 0.495 e. The molecule has 0 heterocycles. The van der Waals surface area contributed by atoms with Crippen molar-refractivity contribution in [3.63, 3.8) is 0 Å². The molecule has 7 heteroatoms. The van der Waals surface area contributed by atoms with Crippen LogP contribution in [0, 0.1) is 0 Å². The van der Waals surface area contributed by atoms with Crippen molar-refractivity contribution in [2.75, 3.05) is 26.1 Å². The number of halogens is 2. The number of ether oxygens (including phenoxy) is 3. The van der Waals surface area contributed by atoms with Gasteiger partial charge in [0.2, 0.25) is 5.91 Å². The van der Waals surface area contributed by atoms with Crippen LogP contribution in [0.1, 0.15) is 12.8 Å². The number of anilines is 1. The fourth-order valence-electron chi connectivity index (χ4n) is 2.15. The smallest absolute Gasteiger partial charge is 0.224 e. The van der Waals surface area contributed by atoms with E-state index in [-0.39, 0.29) is 5.91 Å². The molecule has 134 valence electrons. The molecule has 0 fully saturated rings. The van der Waals surface area contributed by atoms with Crippen LogP contribution in [0.15, 0.2) is 40.9 Å². The maximum absolute atomic E-state index is 12.1. The molecule has 0 atom stereocenters. The van der Waals surface area contributed by atoms with Gasteiger partial charge < -0.3 is 19.5 Å². The molecule has 0 spiro atoms. The SMILES string of the molecule is COc1cc(OC)c(NC(=O)CCCOc2cccc(Br)c2)cc1Cl. The van der Waals surface area contributed by atoms with Gasteiger partial charge in [0.25, 0.3) is 0 Å². The van der Waals surface area contributed by atoms with Crippen LogP contribution in [-0.4, -0.2) is 26.7 Å². The van der Waals surface area contributed by atoms with Crippen molar-refractivity contribution < 1.29 is 19.0 Å². The minimum absolute atomic E-state index is 0.141. The molecule has 0 bridgehead atoms. The molecule has 0 unspecified atom stereocenters. The van der Waals surface area contributed by atoms with Gasteiger partial charge >= 0.3 is 0 Å². The second-order valence-electron chi connectivity index (χ2n) is 5.14. The fraction of sp³-hybridized carbons (Fsp3) is 0.278. The molecule has 0 aliphatic heterocycles. The maximum atomic E-state index is 12.1. The second-order valence-corrected chi connectivity index (χ2v) is 6.47. The van der Waals surface area contributed by atoms with Gasteiger partial charge in [-0.1, -0.05) is 33.6 Å². The minimum atomic E-state index is -0.141. The van der Waals surface area contributed by atoms with Crippen LogP contribution < -0.4 is 19.5 Å². The number of benzene rings is 2. The fourth-order valence-corrected chi connectivity index (χ4v) is 2.77. The lowest BCUT2D eigenvalue weighted by Gasteiger charge is -2.13. The normalized spacial score (nSPS) is 10.2. The lowest BCUT2D eigenvalue weighted by molar-refractivity contribution is -0.116. The quantitative estimate of drug-likeness (QED) is 0.607. The molecule has 2 aromatic rings. The van der Waals surface area contributed by atoms with E-state index in [9.17, 15) is 4.79 Å². The molecule has 5 nitrogen and oxygen atoms in total. The van der Waals surface area contributed by atoms with Crippen molar-refractivity contribution >= 4 is 39.1 Å². The minimum Gasteiger partial charge on any atom is -0.495 e. The summed E-state index contributed by atoms with van der Waals surface area (Å²) >= 11 is 9.48. The standard InChI is InChI=1S/C18H19BrClNO4/c1-23-16-11-17(24-2)15(10-14(16)20)21-18(22)7-4-8-25-13-6-3-5-12(19)9-13/h3,5-6,9-11H,4,7-8H2,1-2H3,(H,21,22). The molecular formula is C18H19BrClNO4. The van der Waals surface area contributed by atoms with Gasteiger partial charge in [0.15, 0.2) is 0 Å². The summed E-state index contributed by atoms with van der Waals surface area (Å²) in [6.45, 7) is 0.449. The van der Waals surface area contributed by atoms with Gasteiger partial charge in [0, 0.05) is 17.0 Å². The van der Waals surface area contributed by atoms with Gasteiger partial charge in [-0.05, 0) is 30.7 Å². The number of carbonyl (C=O) groups excluding carboxylic acids is 1. The summed E-state index contributed by atoms with van der Waals surface area (Å²) in [5.41, 5.74) is 0.506. The van der Waals surface area contributed by atoms with Crippen molar-refractivity contribution in [2.24, 2.45) is 0 Å². The summed E-state index contributed by atoms with van der Waals surface area (Å²) in [6.07, 6.45) is 0.908. The van der Waals surface area contributed by atoms with E-state index < -0.39 is 0 Å². The lowest BCUT2D eigenvalue weighted by atomic mass is 10.2.